The molecule has 1 unspecified atom stereocenters. The van der Waals surface area contributed by atoms with Gasteiger partial charge in [0.1, 0.15) is 0 Å². The van der Waals surface area contributed by atoms with Gasteiger partial charge in [-0.1, -0.05) is 34.6 Å². The monoisotopic (exact) mass is 229 g/mol. The standard InChI is InChI=1S/C14H31NO/c1-11(2)8-14(9-12(3)4)15-10-13(5)6-7-16/h11-16H,6-10H2,1-5H3. The number of rotatable bonds is 9. The van der Waals surface area contributed by atoms with Crippen LogP contribution in [0.25, 0.3) is 0 Å². The summed E-state index contributed by atoms with van der Waals surface area (Å²) in [6.45, 7) is 12.7. The molecule has 2 heteroatoms. The molecule has 0 saturated carbocycles. The summed E-state index contributed by atoms with van der Waals surface area (Å²) in [4.78, 5) is 0. The summed E-state index contributed by atoms with van der Waals surface area (Å²) in [5, 5.41) is 12.5. The molecule has 0 aromatic heterocycles. The van der Waals surface area contributed by atoms with Crippen molar-refractivity contribution in [3.63, 3.8) is 0 Å². The van der Waals surface area contributed by atoms with E-state index in [-0.39, 0.29) is 0 Å². The number of aliphatic hydroxyl groups is 1. The van der Waals surface area contributed by atoms with Crippen molar-refractivity contribution >= 4 is 0 Å². The molecule has 0 fully saturated rings. The van der Waals surface area contributed by atoms with Gasteiger partial charge >= 0.3 is 0 Å². The molecule has 0 radical (unpaired) electrons. The van der Waals surface area contributed by atoms with Crippen molar-refractivity contribution < 1.29 is 5.11 Å². The molecule has 98 valence electrons. The van der Waals surface area contributed by atoms with E-state index in [2.05, 4.69) is 39.9 Å². The van der Waals surface area contributed by atoms with E-state index in [1.165, 1.54) is 12.8 Å². The van der Waals surface area contributed by atoms with Crippen LogP contribution in [0.5, 0.6) is 0 Å². The van der Waals surface area contributed by atoms with Crippen LogP contribution in [0.1, 0.15) is 53.9 Å². The highest BCUT2D eigenvalue weighted by Gasteiger charge is 2.13. The molecule has 1 atom stereocenters. The summed E-state index contributed by atoms with van der Waals surface area (Å²) in [7, 11) is 0. The molecule has 2 nitrogen and oxygen atoms in total. The van der Waals surface area contributed by atoms with Gasteiger partial charge in [-0.3, -0.25) is 0 Å². The number of nitrogens with one attached hydrogen (secondary N) is 1. The van der Waals surface area contributed by atoms with Crippen LogP contribution in [0.15, 0.2) is 0 Å². The molecule has 0 aliphatic heterocycles. The fourth-order valence-corrected chi connectivity index (χ4v) is 2.09. The highest BCUT2D eigenvalue weighted by molar-refractivity contribution is 4.71. The van der Waals surface area contributed by atoms with Gasteiger partial charge in [0, 0.05) is 12.6 Å². The van der Waals surface area contributed by atoms with E-state index in [4.69, 9.17) is 5.11 Å². The second kappa shape index (κ2) is 9.00. The van der Waals surface area contributed by atoms with Crippen molar-refractivity contribution in [1.29, 1.82) is 0 Å². The summed E-state index contributed by atoms with van der Waals surface area (Å²) in [6.07, 6.45) is 3.41. The van der Waals surface area contributed by atoms with Gasteiger partial charge in [-0.15, -0.1) is 0 Å². The highest BCUT2D eigenvalue weighted by atomic mass is 16.3. The third-order valence-corrected chi connectivity index (χ3v) is 2.89. The van der Waals surface area contributed by atoms with E-state index in [1.807, 2.05) is 0 Å². The van der Waals surface area contributed by atoms with Crippen molar-refractivity contribution in [2.75, 3.05) is 13.2 Å². The summed E-state index contributed by atoms with van der Waals surface area (Å²) >= 11 is 0. The maximum atomic E-state index is 8.86. The molecule has 0 aliphatic rings. The van der Waals surface area contributed by atoms with Crippen LogP contribution in [0.3, 0.4) is 0 Å². The van der Waals surface area contributed by atoms with Gasteiger partial charge in [0.05, 0.1) is 0 Å². The van der Waals surface area contributed by atoms with Crippen molar-refractivity contribution in [3.8, 4) is 0 Å². The topological polar surface area (TPSA) is 32.3 Å². The van der Waals surface area contributed by atoms with Crippen LogP contribution < -0.4 is 5.32 Å². The Kier molecular flexibility index (Phi) is 8.96. The fourth-order valence-electron chi connectivity index (χ4n) is 2.09. The number of aliphatic hydroxyl groups excluding tert-OH is 1. The molecule has 0 spiro atoms. The molecular formula is C14H31NO. The van der Waals surface area contributed by atoms with Gasteiger partial charge in [0.25, 0.3) is 0 Å². The first-order valence-corrected chi connectivity index (χ1v) is 6.79. The van der Waals surface area contributed by atoms with Crippen LogP contribution in [0.2, 0.25) is 0 Å². The smallest absolute Gasteiger partial charge is 0.0434 e. The molecule has 0 bridgehead atoms. The van der Waals surface area contributed by atoms with E-state index in [0.717, 1.165) is 24.8 Å². The average Bonchev–Trinajstić information content (AvgIpc) is 2.13. The third kappa shape index (κ3) is 9.17. The van der Waals surface area contributed by atoms with E-state index in [0.29, 0.717) is 18.6 Å². The first-order valence-electron chi connectivity index (χ1n) is 6.79. The van der Waals surface area contributed by atoms with Gasteiger partial charge in [0.2, 0.25) is 0 Å². The zero-order valence-electron chi connectivity index (χ0n) is 11.8. The number of hydrogen-bond donors (Lipinski definition) is 2. The number of hydrogen-bond acceptors (Lipinski definition) is 2. The molecule has 0 saturated heterocycles. The minimum atomic E-state index is 0.307. The van der Waals surface area contributed by atoms with Crippen molar-refractivity contribution in [1.82, 2.24) is 5.32 Å². The fraction of sp³-hybridized carbons (Fsp3) is 1.00. The van der Waals surface area contributed by atoms with E-state index in [9.17, 15) is 0 Å². The first kappa shape index (κ1) is 15.9. The maximum absolute atomic E-state index is 8.86. The Balaban J connectivity index is 3.90. The molecule has 0 amide bonds. The first-order chi connectivity index (χ1) is 7.45. The predicted octanol–water partition coefficient (Wildman–Crippen LogP) is 3.06. The lowest BCUT2D eigenvalue weighted by Crippen LogP contribution is -2.35. The van der Waals surface area contributed by atoms with Gasteiger partial charge < -0.3 is 10.4 Å². The minimum Gasteiger partial charge on any atom is -0.396 e. The quantitative estimate of drug-likeness (QED) is 0.637. The molecule has 0 aromatic carbocycles. The highest BCUT2D eigenvalue weighted by Crippen LogP contribution is 2.13. The second-order valence-corrected chi connectivity index (χ2v) is 5.98. The van der Waals surface area contributed by atoms with E-state index in [1.54, 1.807) is 0 Å². The van der Waals surface area contributed by atoms with Crippen LogP contribution in [0.4, 0.5) is 0 Å². The second-order valence-electron chi connectivity index (χ2n) is 5.98. The Labute approximate surface area is 102 Å². The molecule has 16 heavy (non-hydrogen) atoms. The van der Waals surface area contributed by atoms with Gasteiger partial charge in [-0.2, -0.15) is 0 Å². The third-order valence-electron chi connectivity index (χ3n) is 2.89. The van der Waals surface area contributed by atoms with Crippen molar-refractivity contribution in [2.24, 2.45) is 17.8 Å². The summed E-state index contributed by atoms with van der Waals surface area (Å²) in [6, 6.07) is 0.640. The zero-order chi connectivity index (χ0) is 12.6. The maximum Gasteiger partial charge on any atom is 0.0434 e. The molecule has 0 aromatic rings. The van der Waals surface area contributed by atoms with Gasteiger partial charge in [-0.25, -0.2) is 0 Å². The Morgan fingerprint density at radius 2 is 1.44 bits per heavy atom. The lowest BCUT2D eigenvalue weighted by atomic mass is 9.95. The van der Waals surface area contributed by atoms with E-state index < -0.39 is 0 Å². The molecule has 0 rings (SSSR count). The van der Waals surface area contributed by atoms with Crippen molar-refractivity contribution in [3.05, 3.63) is 0 Å². The van der Waals surface area contributed by atoms with Gasteiger partial charge in [0.15, 0.2) is 0 Å². The normalized spacial score (nSPS) is 14.1. The Morgan fingerprint density at radius 1 is 0.938 bits per heavy atom. The predicted molar refractivity (Wildman–Crippen MR) is 71.6 cm³/mol. The largest absolute Gasteiger partial charge is 0.396 e. The SMILES string of the molecule is CC(C)CC(CC(C)C)NCC(C)CCO. The van der Waals surface area contributed by atoms with Crippen LogP contribution in [-0.4, -0.2) is 24.3 Å². The lowest BCUT2D eigenvalue weighted by molar-refractivity contribution is 0.253. The Hall–Kier alpha value is -0.0800. The van der Waals surface area contributed by atoms with Crippen LogP contribution >= 0.6 is 0 Å². The zero-order valence-corrected chi connectivity index (χ0v) is 11.8. The molecule has 0 aliphatic carbocycles. The van der Waals surface area contributed by atoms with Gasteiger partial charge in [-0.05, 0) is 43.6 Å². The summed E-state index contributed by atoms with van der Waals surface area (Å²) in [5.74, 6) is 2.08. The molecule has 0 heterocycles. The van der Waals surface area contributed by atoms with Crippen LogP contribution in [-0.2, 0) is 0 Å². The van der Waals surface area contributed by atoms with Crippen molar-refractivity contribution in [2.45, 2.75) is 59.9 Å². The summed E-state index contributed by atoms with van der Waals surface area (Å²) < 4.78 is 0. The van der Waals surface area contributed by atoms with Crippen LogP contribution in [0, 0.1) is 17.8 Å². The Morgan fingerprint density at radius 3 is 1.81 bits per heavy atom. The lowest BCUT2D eigenvalue weighted by Gasteiger charge is -2.24. The average molecular weight is 229 g/mol. The molecule has 2 N–H and O–H groups in total. The van der Waals surface area contributed by atoms with E-state index >= 15 is 0 Å². The minimum absolute atomic E-state index is 0.307. The summed E-state index contributed by atoms with van der Waals surface area (Å²) in [5.41, 5.74) is 0. The molecular weight excluding hydrogens is 198 g/mol. The Bertz CT molecular complexity index is 147.